The zero-order valence-electron chi connectivity index (χ0n) is 21.7. The summed E-state index contributed by atoms with van der Waals surface area (Å²) < 4.78 is 0. The van der Waals surface area contributed by atoms with Gasteiger partial charge in [-0.1, -0.05) is 11.6 Å². The number of nitrogens with zero attached hydrogens (tertiary/aromatic N) is 4. The highest BCUT2D eigenvalue weighted by molar-refractivity contribution is 6.31. The van der Waals surface area contributed by atoms with Crippen molar-refractivity contribution in [1.29, 1.82) is 5.26 Å². The fourth-order valence-electron chi connectivity index (χ4n) is 5.40. The van der Waals surface area contributed by atoms with Crippen molar-refractivity contribution in [2.24, 2.45) is 4.99 Å². The van der Waals surface area contributed by atoms with Crippen LogP contribution < -0.4 is 10.2 Å². The standard InChI is InChI=1S/C30H30ClN5O2/c1-18-9-21(31)12-23(10-18)36-17-34-28-11-19(2)25(26-13-24(37)7-6-20(26)15-32)14-27(28)29(36)30(38)35(3)16-22-5-4-8-33-22/h6-7,9-14,17,22,29,33,37H,4-5,8,16H2,1-3H3/t22-,29?/m0/s1. The van der Waals surface area contributed by atoms with Crippen LogP contribution in [0.1, 0.15) is 41.1 Å². The van der Waals surface area contributed by atoms with Gasteiger partial charge in [-0.2, -0.15) is 5.26 Å². The first kappa shape index (κ1) is 25.8. The van der Waals surface area contributed by atoms with Crippen molar-refractivity contribution in [3.8, 4) is 22.9 Å². The maximum Gasteiger partial charge on any atom is 0.250 e. The number of phenolic OH excluding ortho intramolecular Hbond substituents is 1. The van der Waals surface area contributed by atoms with Crippen molar-refractivity contribution in [1.82, 2.24) is 10.2 Å². The van der Waals surface area contributed by atoms with Crippen LogP contribution in [0.15, 0.2) is 53.5 Å². The minimum Gasteiger partial charge on any atom is -0.508 e. The molecule has 2 N–H and O–H groups in total. The number of aromatic hydroxyl groups is 1. The van der Waals surface area contributed by atoms with Crippen molar-refractivity contribution in [2.45, 2.75) is 38.8 Å². The lowest BCUT2D eigenvalue weighted by Crippen LogP contribution is -2.46. The van der Waals surface area contributed by atoms with E-state index in [-0.39, 0.29) is 17.7 Å². The van der Waals surface area contributed by atoms with Crippen molar-refractivity contribution >= 4 is 35.2 Å². The molecule has 2 aliphatic rings. The Morgan fingerprint density at radius 2 is 2.03 bits per heavy atom. The van der Waals surface area contributed by atoms with Crippen molar-refractivity contribution < 1.29 is 9.90 Å². The van der Waals surface area contributed by atoms with Crippen molar-refractivity contribution in [3.05, 3.63) is 75.8 Å². The lowest BCUT2D eigenvalue weighted by atomic mass is 9.90. The molecule has 2 aliphatic heterocycles. The fraction of sp³-hybridized carbons (Fsp3) is 0.300. The Kier molecular flexibility index (Phi) is 7.11. The Bertz CT molecular complexity index is 1450. The molecule has 1 fully saturated rings. The minimum atomic E-state index is -0.686. The fourth-order valence-corrected chi connectivity index (χ4v) is 5.68. The van der Waals surface area contributed by atoms with Gasteiger partial charge in [0.15, 0.2) is 0 Å². The molecule has 0 spiro atoms. The summed E-state index contributed by atoms with van der Waals surface area (Å²) >= 11 is 6.42. The van der Waals surface area contributed by atoms with E-state index in [9.17, 15) is 15.2 Å². The molecule has 0 aromatic heterocycles. The first-order valence-electron chi connectivity index (χ1n) is 12.7. The summed E-state index contributed by atoms with van der Waals surface area (Å²) in [7, 11) is 1.84. The molecular formula is C30H30ClN5O2. The Morgan fingerprint density at radius 3 is 2.74 bits per heavy atom. The lowest BCUT2D eigenvalue weighted by Gasteiger charge is -2.36. The van der Waals surface area contributed by atoms with Gasteiger partial charge < -0.3 is 20.2 Å². The van der Waals surface area contributed by atoms with Crippen LogP contribution in [0.4, 0.5) is 11.4 Å². The molecule has 1 saturated heterocycles. The van der Waals surface area contributed by atoms with Crippen LogP contribution in [0.25, 0.3) is 11.1 Å². The molecule has 194 valence electrons. The van der Waals surface area contributed by atoms with Gasteiger partial charge in [-0.3, -0.25) is 4.79 Å². The number of carbonyl (C=O) groups excluding carboxylic acids is 1. The van der Waals surface area contributed by atoms with Crippen LogP contribution in [0.3, 0.4) is 0 Å². The molecule has 2 heterocycles. The number of nitrogens with one attached hydrogen (secondary N) is 1. The molecular weight excluding hydrogens is 498 g/mol. The summed E-state index contributed by atoms with van der Waals surface area (Å²) in [6, 6.07) is 16.1. The summed E-state index contributed by atoms with van der Waals surface area (Å²) in [5, 5.41) is 24.0. The normalized spacial score (nSPS) is 18.2. The zero-order chi connectivity index (χ0) is 27.0. The van der Waals surface area contributed by atoms with Gasteiger partial charge in [0.2, 0.25) is 5.91 Å². The number of fused-ring (bicyclic) bond motifs is 1. The SMILES string of the molecule is Cc1cc(Cl)cc(N2C=Nc3cc(C)c(-c4cc(O)ccc4C#N)cc3C2C(=O)N(C)C[C@@H]2CCCN2)c1. The number of phenols is 1. The van der Waals surface area contributed by atoms with Crippen molar-refractivity contribution in [2.75, 3.05) is 25.0 Å². The first-order valence-corrected chi connectivity index (χ1v) is 13.1. The zero-order valence-corrected chi connectivity index (χ0v) is 22.5. The van der Waals surface area contributed by atoms with Gasteiger partial charge in [0.05, 0.1) is 23.7 Å². The predicted molar refractivity (Wildman–Crippen MR) is 151 cm³/mol. The monoisotopic (exact) mass is 527 g/mol. The van der Waals surface area contributed by atoms with Gasteiger partial charge in [-0.05, 0) is 98.5 Å². The molecule has 8 heteroatoms. The van der Waals surface area contributed by atoms with E-state index in [1.165, 1.54) is 6.07 Å². The van der Waals surface area contributed by atoms with Gasteiger partial charge >= 0.3 is 0 Å². The molecule has 0 aliphatic carbocycles. The highest BCUT2D eigenvalue weighted by Gasteiger charge is 2.36. The van der Waals surface area contributed by atoms with Crippen LogP contribution in [0.5, 0.6) is 5.75 Å². The average molecular weight is 528 g/mol. The number of hydrogen-bond acceptors (Lipinski definition) is 6. The number of benzene rings is 3. The summed E-state index contributed by atoms with van der Waals surface area (Å²) in [5.41, 5.74) is 5.90. The molecule has 7 nitrogen and oxygen atoms in total. The molecule has 38 heavy (non-hydrogen) atoms. The van der Waals surface area contributed by atoms with Crippen molar-refractivity contribution in [3.63, 3.8) is 0 Å². The molecule has 5 rings (SSSR count). The Hall–Kier alpha value is -3.86. The van der Waals surface area contributed by atoms with E-state index in [1.54, 1.807) is 23.4 Å². The molecule has 1 unspecified atom stereocenters. The Balaban J connectivity index is 1.65. The smallest absolute Gasteiger partial charge is 0.250 e. The topological polar surface area (TPSA) is 92.0 Å². The highest BCUT2D eigenvalue weighted by Crippen LogP contribution is 2.42. The number of likely N-dealkylation sites (N-methyl/N-ethyl adjacent to an activating group) is 1. The second kappa shape index (κ2) is 10.5. The Morgan fingerprint density at radius 1 is 1.21 bits per heavy atom. The van der Waals surface area contributed by atoms with Crippen LogP contribution in [0.2, 0.25) is 5.02 Å². The number of carbonyl (C=O) groups is 1. The number of halogens is 1. The Labute approximate surface area is 228 Å². The molecule has 2 atom stereocenters. The number of anilines is 1. The molecule has 0 bridgehead atoms. The molecule has 3 aromatic carbocycles. The lowest BCUT2D eigenvalue weighted by molar-refractivity contribution is -0.131. The number of amides is 1. The largest absolute Gasteiger partial charge is 0.508 e. The quantitative estimate of drug-likeness (QED) is 0.448. The van der Waals surface area contributed by atoms with Gasteiger partial charge in [0, 0.05) is 41.5 Å². The van der Waals surface area contributed by atoms with E-state index in [0.717, 1.165) is 47.3 Å². The van der Waals surface area contributed by atoms with E-state index in [2.05, 4.69) is 11.4 Å². The third-order valence-corrected chi connectivity index (χ3v) is 7.49. The van der Waals surface area contributed by atoms with Crippen LogP contribution in [-0.4, -0.2) is 48.4 Å². The third-order valence-electron chi connectivity index (χ3n) is 7.27. The molecule has 0 saturated carbocycles. The van der Waals surface area contributed by atoms with Gasteiger partial charge in [-0.15, -0.1) is 0 Å². The summed E-state index contributed by atoms with van der Waals surface area (Å²) in [6.45, 7) is 5.48. The van der Waals surface area contributed by atoms with E-state index in [0.29, 0.717) is 28.4 Å². The molecule has 3 aromatic rings. The number of nitriles is 1. The van der Waals surface area contributed by atoms with E-state index >= 15 is 0 Å². The maximum atomic E-state index is 14.2. The molecule has 1 amide bonds. The summed E-state index contributed by atoms with van der Waals surface area (Å²) in [5.74, 6) is 0.0107. The van der Waals surface area contributed by atoms with Gasteiger partial charge in [0.25, 0.3) is 0 Å². The number of rotatable bonds is 5. The summed E-state index contributed by atoms with van der Waals surface area (Å²) in [4.78, 5) is 22.6. The molecule has 0 radical (unpaired) electrons. The van der Waals surface area contributed by atoms with Crippen LogP contribution in [0, 0.1) is 25.2 Å². The minimum absolute atomic E-state index is 0.0602. The highest BCUT2D eigenvalue weighted by atomic mass is 35.5. The van der Waals surface area contributed by atoms with Gasteiger partial charge in [-0.25, -0.2) is 4.99 Å². The second-order valence-corrected chi connectivity index (χ2v) is 10.6. The number of aryl methyl sites for hydroxylation is 2. The number of hydrogen-bond donors (Lipinski definition) is 2. The second-order valence-electron chi connectivity index (χ2n) is 10.1. The van der Waals surface area contributed by atoms with E-state index in [4.69, 9.17) is 16.6 Å². The first-order chi connectivity index (χ1) is 18.2. The van der Waals surface area contributed by atoms with E-state index < -0.39 is 6.04 Å². The predicted octanol–water partition coefficient (Wildman–Crippen LogP) is 5.63. The number of aliphatic imine (C=N–C) groups is 1. The van der Waals surface area contributed by atoms with E-state index in [1.807, 2.05) is 56.1 Å². The van der Waals surface area contributed by atoms with Crippen LogP contribution >= 0.6 is 11.6 Å². The summed E-state index contributed by atoms with van der Waals surface area (Å²) in [6.07, 6.45) is 3.84. The van der Waals surface area contributed by atoms with Gasteiger partial charge in [0.1, 0.15) is 11.8 Å². The van der Waals surface area contributed by atoms with Crippen LogP contribution in [-0.2, 0) is 4.79 Å². The third kappa shape index (κ3) is 4.98. The average Bonchev–Trinajstić information content (AvgIpc) is 3.39. The maximum absolute atomic E-state index is 14.2.